The average Bonchev–Trinajstić information content (AvgIpc) is 2.48. The highest BCUT2D eigenvalue weighted by Gasteiger charge is 2.19. The van der Waals surface area contributed by atoms with Crippen molar-refractivity contribution in [3.8, 4) is 0 Å². The highest BCUT2D eigenvalue weighted by Crippen LogP contribution is 2.28. The molecule has 68 valence electrons. The lowest BCUT2D eigenvalue weighted by Gasteiger charge is -1.97. The van der Waals surface area contributed by atoms with Crippen LogP contribution in [0.15, 0.2) is 33.5 Å². The van der Waals surface area contributed by atoms with Gasteiger partial charge >= 0.3 is 0 Å². The molecule has 0 aromatic rings. The summed E-state index contributed by atoms with van der Waals surface area (Å²) in [5.41, 5.74) is 3.43. The van der Waals surface area contributed by atoms with E-state index < -0.39 is 0 Å². The van der Waals surface area contributed by atoms with Gasteiger partial charge in [-0.2, -0.15) is 0 Å². The molecule has 13 heavy (non-hydrogen) atoms. The summed E-state index contributed by atoms with van der Waals surface area (Å²) in [4.78, 5) is 8.53. The predicted molar refractivity (Wildman–Crippen MR) is 56.4 cm³/mol. The number of aliphatic imine (C=N–C) groups is 2. The van der Waals surface area contributed by atoms with Crippen LogP contribution in [0, 0.1) is 0 Å². The highest BCUT2D eigenvalue weighted by molar-refractivity contribution is 6.70. The van der Waals surface area contributed by atoms with Crippen LogP contribution >= 0.6 is 11.6 Å². The minimum absolute atomic E-state index is 0.534. The largest absolute Gasteiger partial charge is 0.254 e. The fourth-order valence-corrected chi connectivity index (χ4v) is 1.78. The van der Waals surface area contributed by atoms with Crippen LogP contribution in [0.3, 0.4) is 0 Å². The fraction of sp³-hybridized carbons (Fsp3) is 0.400. The van der Waals surface area contributed by atoms with Crippen LogP contribution in [-0.4, -0.2) is 10.9 Å². The zero-order valence-electron chi connectivity index (χ0n) is 7.55. The molecule has 0 aromatic heterocycles. The summed E-state index contributed by atoms with van der Waals surface area (Å²) in [7, 11) is 0. The second kappa shape index (κ2) is 3.46. The van der Waals surface area contributed by atoms with E-state index in [1.807, 2.05) is 6.08 Å². The normalized spacial score (nSPS) is 21.1. The molecule has 0 bridgehead atoms. The molecule has 0 aliphatic carbocycles. The van der Waals surface area contributed by atoms with Gasteiger partial charge in [0.2, 0.25) is 0 Å². The molecule has 2 rings (SSSR count). The van der Waals surface area contributed by atoms with E-state index in [0.29, 0.717) is 5.17 Å². The summed E-state index contributed by atoms with van der Waals surface area (Å²) in [5.74, 6) is 0. The second-order valence-corrected chi connectivity index (χ2v) is 3.53. The summed E-state index contributed by atoms with van der Waals surface area (Å²) in [5, 5.41) is 0.534. The van der Waals surface area contributed by atoms with Crippen LogP contribution in [0.4, 0.5) is 0 Å². The van der Waals surface area contributed by atoms with E-state index >= 15 is 0 Å². The van der Waals surface area contributed by atoms with Crippen molar-refractivity contribution in [2.75, 3.05) is 0 Å². The van der Waals surface area contributed by atoms with Crippen molar-refractivity contribution in [1.82, 2.24) is 0 Å². The van der Waals surface area contributed by atoms with Crippen molar-refractivity contribution < 1.29 is 0 Å². The minimum Gasteiger partial charge on any atom is -0.254 e. The maximum atomic E-state index is 5.98. The topological polar surface area (TPSA) is 24.7 Å². The molecule has 2 heterocycles. The van der Waals surface area contributed by atoms with Gasteiger partial charge in [0.05, 0.1) is 0 Å². The maximum Gasteiger partial charge on any atom is 0.154 e. The van der Waals surface area contributed by atoms with E-state index in [1.165, 1.54) is 11.3 Å². The monoisotopic (exact) mass is 194 g/mol. The lowest BCUT2D eigenvalue weighted by molar-refractivity contribution is 1.13. The van der Waals surface area contributed by atoms with Gasteiger partial charge in [0.25, 0.3) is 0 Å². The van der Waals surface area contributed by atoms with Gasteiger partial charge in [-0.15, -0.1) is 0 Å². The number of hydrogen-bond acceptors (Lipinski definition) is 2. The molecule has 0 spiro atoms. The molecule has 0 atom stereocenters. The molecule has 0 radical (unpaired) electrons. The molecule has 0 unspecified atom stereocenters. The van der Waals surface area contributed by atoms with Crippen LogP contribution < -0.4 is 0 Å². The molecule has 0 N–H and O–H groups in total. The van der Waals surface area contributed by atoms with Crippen molar-refractivity contribution in [3.05, 3.63) is 23.5 Å². The molecule has 2 aliphatic heterocycles. The zero-order chi connectivity index (χ0) is 9.26. The van der Waals surface area contributed by atoms with Crippen LogP contribution in [-0.2, 0) is 0 Å². The Bertz CT molecular complexity index is 348. The van der Waals surface area contributed by atoms with Crippen molar-refractivity contribution in [2.45, 2.75) is 26.2 Å². The van der Waals surface area contributed by atoms with Gasteiger partial charge in [0, 0.05) is 18.3 Å². The lowest BCUT2D eigenvalue weighted by Crippen LogP contribution is -1.91. The Labute approximate surface area is 82.7 Å². The summed E-state index contributed by atoms with van der Waals surface area (Å²) < 4.78 is 0. The van der Waals surface area contributed by atoms with E-state index in [9.17, 15) is 0 Å². The van der Waals surface area contributed by atoms with Crippen LogP contribution in [0.25, 0.3) is 0 Å². The SMILES string of the molecule is CCC1=NC2=C(CC=CN=C2Cl)C1. The third-order valence-electron chi connectivity index (χ3n) is 2.28. The number of hydrogen-bond donors (Lipinski definition) is 0. The number of rotatable bonds is 1. The van der Waals surface area contributed by atoms with Crippen molar-refractivity contribution >= 4 is 22.5 Å². The molecule has 0 amide bonds. The van der Waals surface area contributed by atoms with Crippen LogP contribution in [0.5, 0.6) is 0 Å². The van der Waals surface area contributed by atoms with Crippen molar-refractivity contribution in [2.24, 2.45) is 9.98 Å². The molecule has 0 saturated carbocycles. The van der Waals surface area contributed by atoms with Crippen molar-refractivity contribution in [3.63, 3.8) is 0 Å². The van der Waals surface area contributed by atoms with Crippen molar-refractivity contribution in [1.29, 1.82) is 0 Å². The molecule has 0 fully saturated rings. The Morgan fingerprint density at radius 1 is 1.54 bits per heavy atom. The third kappa shape index (κ3) is 1.59. The maximum absolute atomic E-state index is 5.98. The Morgan fingerprint density at radius 2 is 2.38 bits per heavy atom. The lowest BCUT2D eigenvalue weighted by atomic mass is 10.1. The quantitative estimate of drug-likeness (QED) is 0.613. The van der Waals surface area contributed by atoms with Crippen LogP contribution in [0.1, 0.15) is 26.2 Å². The zero-order valence-corrected chi connectivity index (χ0v) is 8.30. The van der Waals surface area contributed by atoms with E-state index in [4.69, 9.17) is 11.6 Å². The number of nitrogens with zero attached hydrogens (tertiary/aromatic N) is 2. The van der Waals surface area contributed by atoms with Gasteiger partial charge in [-0.1, -0.05) is 24.6 Å². The Kier molecular flexibility index (Phi) is 2.32. The first-order valence-electron chi connectivity index (χ1n) is 4.48. The minimum atomic E-state index is 0.534. The third-order valence-corrected chi connectivity index (χ3v) is 2.56. The van der Waals surface area contributed by atoms with Crippen LogP contribution in [0.2, 0.25) is 0 Å². The summed E-state index contributed by atoms with van der Waals surface area (Å²) in [6, 6.07) is 0. The Balaban J connectivity index is 2.33. The summed E-state index contributed by atoms with van der Waals surface area (Å²) in [6.45, 7) is 2.12. The molecular formula is C10H11ClN2. The number of halogens is 1. The molecule has 0 saturated heterocycles. The highest BCUT2D eigenvalue weighted by atomic mass is 35.5. The first kappa shape index (κ1) is 8.70. The predicted octanol–water partition coefficient (Wildman–Crippen LogP) is 3.05. The second-order valence-electron chi connectivity index (χ2n) is 3.17. The van der Waals surface area contributed by atoms with E-state index in [1.54, 1.807) is 6.20 Å². The van der Waals surface area contributed by atoms with Gasteiger partial charge in [0.15, 0.2) is 5.17 Å². The smallest absolute Gasteiger partial charge is 0.154 e. The van der Waals surface area contributed by atoms with Gasteiger partial charge in [0.1, 0.15) is 5.70 Å². The summed E-state index contributed by atoms with van der Waals surface area (Å²) >= 11 is 5.98. The first-order valence-corrected chi connectivity index (χ1v) is 4.86. The average molecular weight is 195 g/mol. The van der Waals surface area contributed by atoms with Gasteiger partial charge < -0.3 is 0 Å². The molecule has 2 nitrogen and oxygen atoms in total. The van der Waals surface area contributed by atoms with Gasteiger partial charge in [-0.3, -0.25) is 4.99 Å². The first-order chi connectivity index (χ1) is 6.31. The molecule has 3 heteroatoms. The number of allylic oxidation sites excluding steroid dienone is 3. The molecule has 0 aromatic carbocycles. The van der Waals surface area contributed by atoms with E-state index in [-0.39, 0.29) is 0 Å². The fourth-order valence-electron chi connectivity index (χ4n) is 1.55. The summed E-state index contributed by atoms with van der Waals surface area (Å²) in [6.07, 6.45) is 6.69. The van der Waals surface area contributed by atoms with E-state index in [2.05, 4.69) is 16.9 Å². The van der Waals surface area contributed by atoms with Gasteiger partial charge in [-0.05, 0) is 18.4 Å². The molecular weight excluding hydrogens is 184 g/mol. The van der Waals surface area contributed by atoms with E-state index in [0.717, 1.165) is 25.0 Å². The van der Waals surface area contributed by atoms with Gasteiger partial charge in [-0.25, -0.2) is 4.99 Å². The molecule has 2 aliphatic rings. The standard InChI is InChI=1S/C10H11ClN2/c1-2-8-6-7-4-3-5-12-10(11)9(7)13-8/h3,5H,2,4,6H2,1H3. The Morgan fingerprint density at radius 3 is 3.15 bits per heavy atom. The Hall–Kier alpha value is -0.890.